The lowest BCUT2D eigenvalue weighted by atomic mass is 10.1. The molecule has 0 spiro atoms. The van der Waals surface area contributed by atoms with Crippen LogP contribution < -0.4 is 4.65 Å². The quantitative estimate of drug-likeness (QED) is 0.697. The van der Waals surface area contributed by atoms with Crippen molar-refractivity contribution < 1.29 is 14.7 Å². The van der Waals surface area contributed by atoms with Gasteiger partial charge in [-0.25, -0.2) is 0 Å². The van der Waals surface area contributed by atoms with Gasteiger partial charge in [0.25, 0.3) is 0 Å². The maximum Gasteiger partial charge on any atom is 0.707 e. The van der Waals surface area contributed by atoms with Crippen LogP contribution in [0.1, 0.15) is 0 Å². The largest absolute Gasteiger partial charge is 0.707 e. The summed E-state index contributed by atoms with van der Waals surface area (Å²) in [5.74, 6) is 0.318. The molecule has 1 aromatic heterocycles. The van der Waals surface area contributed by atoms with Crippen LogP contribution in [0.25, 0.3) is 11.3 Å². The summed E-state index contributed by atoms with van der Waals surface area (Å²) in [6.07, 6.45) is 1.49. The molecular formula is C9H8BN3O3. The minimum atomic E-state index is -1.86. The van der Waals surface area contributed by atoms with Crippen molar-refractivity contribution in [3.8, 4) is 17.0 Å². The monoisotopic (exact) mass is 217 g/mol. The fourth-order valence-electron chi connectivity index (χ4n) is 1.28. The SMILES string of the molecule is OB(O)Oc1ccccc1-c1ccnnn1. The van der Waals surface area contributed by atoms with Crippen molar-refractivity contribution in [1.82, 2.24) is 15.4 Å². The minimum absolute atomic E-state index is 0.318. The van der Waals surface area contributed by atoms with Gasteiger partial charge in [-0.1, -0.05) is 12.1 Å². The summed E-state index contributed by atoms with van der Waals surface area (Å²) in [5, 5.41) is 28.4. The Morgan fingerprint density at radius 3 is 2.62 bits per heavy atom. The number of hydrogen-bond acceptors (Lipinski definition) is 6. The molecule has 0 saturated heterocycles. The van der Waals surface area contributed by atoms with E-state index in [0.29, 0.717) is 17.0 Å². The van der Waals surface area contributed by atoms with E-state index in [4.69, 9.17) is 14.7 Å². The molecule has 16 heavy (non-hydrogen) atoms. The Morgan fingerprint density at radius 1 is 1.12 bits per heavy atom. The lowest BCUT2D eigenvalue weighted by Gasteiger charge is -2.09. The Bertz CT molecular complexity index is 467. The Kier molecular flexibility index (Phi) is 3.09. The lowest BCUT2D eigenvalue weighted by Crippen LogP contribution is -2.20. The van der Waals surface area contributed by atoms with Gasteiger partial charge in [0, 0.05) is 5.56 Å². The summed E-state index contributed by atoms with van der Waals surface area (Å²) in [6.45, 7) is 0. The Morgan fingerprint density at radius 2 is 1.94 bits per heavy atom. The molecule has 0 unspecified atom stereocenters. The van der Waals surface area contributed by atoms with Crippen LogP contribution in [-0.4, -0.2) is 32.8 Å². The highest BCUT2D eigenvalue weighted by molar-refractivity contribution is 6.34. The second-order valence-electron chi connectivity index (χ2n) is 2.95. The van der Waals surface area contributed by atoms with E-state index < -0.39 is 7.32 Å². The predicted molar refractivity (Wildman–Crippen MR) is 56.1 cm³/mol. The average Bonchev–Trinajstić information content (AvgIpc) is 2.30. The number of aromatic nitrogens is 3. The highest BCUT2D eigenvalue weighted by atomic mass is 16.6. The van der Waals surface area contributed by atoms with Crippen molar-refractivity contribution >= 4 is 7.32 Å². The third-order valence-electron chi connectivity index (χ3n) is 1.90. The maximum absolute atomic E-state index is 8.76. The van der Waals surface area contributed by atoms with Gasteiger partial charge < -0.3 is 14.7 Å². The zero-order chi connectivity index (χ0) is 11.4. The van der Waals surface area contributed by atoms with Crippen LogP contribution in [0.3, 0.4) is 0 Å². The lowest BCUT2D eigenvalue weighted by molar-refractivity contribution is 0.288. The second kappa shape index (κ2) is 4.69. The van der Waals surface area contributed by atoms with E-state index in [1.807, 2.05) is 0 Å². The number of nitrogens with zero attached hydrogens (tertiary/aromatic N) is 3. The molecule has 1 aromatic carbocycles. The van der Waals surface area contributed by atoms with E-state index in [1.54, 1.807) is 30.3 Å². The molecule has 0 aliphatic heterocycles. The Hall–Kier alpha value is -1.99. The summed E-state index contributed by atoms with van der Waals surface area (Å²) in [4.78, 5) is 0. The third-order valence-corrected chi connectivity index (χ3v) is 1.90. The highest BCUT2D eigenvalue weighted by Gasteiger charge is 2.15. The third kappa shape index (κ3) is 2.33. The molecule has 2 aromatic rings. The normalized spacial score (nSPS) is 9.88. The summed E-state index contributed by atoms with van der Waals surface area (Å²) in [5.41, 5.74) is 1.16. The van der Waals surface area contributed by atoms with E-state index in [2.05, 4.69) is 15.4 Å². The van der Waals surface area contributed by atoms with Crippen LogP contribution in [0.5, 0.6) is 5.75 Å². The smallest absolute Gasteiger partial charge is 0.511 e. The zero-order valence-corrected chi connectivity index (χ0v) is 8.19. The van der Waals surface area contributed by atoms with Gasteiger partial charge in [0.1, 0.15) is 5.75 Å². The van der Waals surface area contributed by atoms with Crippen LogP contribution in [0.15, 0.2) is 36.5 Å². The molecule has 80 valence electrons. The van der Waals surface area contributed by atoms with Gasteiger partial charge >= 0.3 is 7.32 Å². The van der Waals surface area contributed by atoms with Crippen molar-refractivity contribution in [3.63, 3.8) is 0 Å². The first kappa shape index (κ1) is 10.5. The van der Waals surface area contributed by atoms with Crippen molar-refractivity contribution in [2.24, 2.45) is 0 Å². The minimum Gasteiger partial charge on any atom is -0.511 e. The van der Waals surface area contributed by atoms with E-state index in [-0.39, 0.29) is 0 Å². The van der Waals surface area contributed by atoms with Crippen molar-refractivity contribution in [1.29, 1.82) is 0 Å². The number of rotatable bonds is 3. The molecule has 2 N–H and O–H groups in total. The first-order chi connectivity index (χ1) is 7.77. The molecular weight excluding hydrogens is 209 g/mol. The fourth-order valence-corrected chi connectivity index (χ4v) is 1.28. The second-order valence-corrected chi connectivity index (χ2v) is 2.95. The standard InChI is InChI=1S/C9H8BN3O3/c14-10(15)16-9-4-2-1-3-7(9)8-5-6-11-13-12-8/h1-6,14-15H. The molecule has 2 rings (SSSR count). The van der Waals surface area contributed by atoms with Crippen molar-refractivity contribution in [3.05, 3.63) is 36.5 Å². The predicted octanol–water partition coefficient (Wildman–Crippen LogP) is -0.113. The number of benzene rings is 1. The molecule has 0 radical (unpaired) electrons. The maximum atomic E-state index is 8.76. The number of hydrogen-bond donors (Lipinski definition) is 2. The molecule has 7 heteroatoms. The summed E-state index contributed by atoms with van der Waals surface area (Å²) in [6, 6.07) is 8.50. The summed E-state index contributed by atoms with van der Waals surface area (Å²) < 4.78 is 4.82. The molecule has 0 saturated carbocycles. The van der Waals surface area contributed by atoms with E-state index in [1.165, 1.54) is 6.20 Å². The molecule has 0 aliphatic rings. The van der Waals surface area contributed by atoms with Gasteiger partial charge in [-0.15, -0.1) is 10.2 Å². The fraction of sp³-hybridized carbons (Fsp3) is 0. The molecule has 1 heterocycles. The van der Waals surface area contributed by atoms with Crippen molar-refractivity contribution in [2.75, 3.05) is 0 Å². The van der Waals surface area contributed by atoms with Gasteiger partial charge in [-0.05, 0) is 23.4 Å². The van der Waals surface area contributed by atoms with E-state index in [9.17, 15) is 0 Å². The summed E-state index contributed by atoms with van der Waals surface area (Å²) >= 11 is 0. The van der Waals surface area contributed by atoms with Crippen molar-refractivity contribution in [2.45, 2.75) is 0 Å². The van der Waals surface area contributed by atoms with Crippen LogP contribution in [-0.2, 0) is 0 Å². The average molecular weight is 217 g/mol. The first-order valence-corrected chi connectivity index (χ1v) is 4.54. The van der Waals surface area contributed by atoms with Crippen LogP contribution in [0, 0.1) is 0 Å². The van der Waals surface area contributed by atoms with Crippen LogP contribution in [0.4, 0.5) is 0 Å². The molecule has 0 fully saturated rings. The van der Waals surface area contributed by atoms with Crippen LogP contribution >= 0.6 is 0 Å². The van der Waals surface area contributed by atoms with E-state index in [0.717, 1.165) is 0 Å². The highest BCUT2D eigenvalue weighted by Crippen LogP contribution is 2.27. The molecule has 0 bridgehead atoms. The van der Waals surface area contributed by atoms with Crippen LogP contribution in [0.2, 0.25) is 0 Å². The molecule has 0 aliphatic carbocycles. The Labute approximate surface area is 91.7 Å². The number of para-hydroxylation sites is 1. The first-order valence-electron chi connectivity index (χ1n) is 4.54. The Balaban J connectivity index is 2.41. The van der Waals surface area contributed by atoms with Gasteiger partial charge in [-0.3, -0.25) is 0 Å². The zero-order valence-electron chi connectivity index (χ0n) is 8.19. The molecule has 6 nitrogen and oxygen atoms in total. The molecule has 0 amide bonds. The van der Waals surface area contributed by atoms with E-state index >= 15 is 0 Å². The summed E-state index contributed by atoms with van der Waals surface area (Å²) in [7, 11) is -1.86. The van der Waals surface area contributed by atoms with Gasteiger partial charge in [0.05, 0.1) is 11.9 Å². The molecule has 0 atom stereocenters. The van der Waals surface area contributed by atoms with Gasteiger partial charge in [0.15, 0.2) is 0 Å². The topological polar surface area (TPSA) is 88.4 Å². The van der Waals surface area contributed by atoms with Gasteiger partial charge in [0.2, 0.25) is 0 Å². The van der Waals surface area contributed by atoms with Gasteiger partial charge in [-0.2, -0.15) is 0 Å².